The van der Waals surface area contributed by atoms with Gasteiger partial charge in [-0.25, -0.2) is 0 Å². The maximum atomic E-state index is 12.3. The molecule has 1 heterocycles. The molecule has 0 aliphatic heterocycles. The molecule has 3 nitrogen and oxygen atoms in total. The summed E-state index contributed by atoms with van der Waals surface area (Å²) < 4.78 is 6.14. The number of benzene rings is 1. The van der Waals surface area contributed by atoms with Gasteiger partial charge < -0.3 is 9.64 Å². The van der Waals surface area contributed by atoms with E-state index >= 15 is 0 Å². The Hall–Kier alpha value is -1.17. The molecule has 0 saturated carbocycles. The highest BCUT2D eigenvalue weighted by Gasteiger charge is 2.12. The van der Waals surface area contributed by atoms with Crippen molar-refractivity contribution >= 4 is 33.2 Å². The first-order valence-electron chi connectivity index (χ1n) is 6.17. The van der Waals surface area contributed by atoms with Gasteiger partial charge in [-0.3, -0.25) is 4.79 Å². The molecule has 0 saturated heterocycles. The van der Waals surface area contributed by atoms with E-state index in [-0.39, 0.29) is 5.91 Å². The van der Waals surface area contributed by atoms with Crippen molar-refractivity contribution in [2.75, 3.05) is 14.2 Å². The molecule has 106 valence electrons. The molecule has 20 heavy (non-hydrogen) atoms. The van der Waals surface area contributed by atoms with Gasteiger partial charge >= 0.3 is 0 Å². The normalized spacial score (nSPS) is 10.6. The van der Waals surface area contributed by atoms with Crippen molar-refractivity contribution in [1.82, 2.24) is 4.90 Å². The average Bonchev–Trinajstić information content (AvgIpc) is 2.84. The first-order chi connectivity index (χ1) is 9.60. The van der Waals surface area contributed by atoms with Crippen molar-refractivity contribution in [1.29, 1.82) is 0 Å². The standard InChI is InChI=1S/C15H16BrNO2S/c1-17(9-13-7-8-14(16)20-13)15(18)12-5-3-11(4-6-12)10-19-2/h3-8H,9-10H2,1-2H3. The number of ether oxygens (including phenoxy) is 1. The SMILES string of the molecule is COCc1ccc(C(=O)N(C)Cc2ccc(Br)s2)cc1. The molecule has 0 N–H and O–H groups in total. The Labute approximate surface area is 131 Å². The molecule has 0 bridgehead atoms. The van der Waals surface area contributed by atoms with Crippen molar-refractivity contribution in [3.63, 3.8) is 0 Å². The summed E-state index contributed by atoms with van der Waals surface area (Å²) >= 11 is 5.07. The van der Waals surface area contributed by atoms with Gasteiger partial charge in [-0.2, -0.15) is 0 Å². The lowest BCUT2D eigenvalue weighted by atomic mass is 10.1. The first-order valence-corrected chi connectivity index (χ1v) is 7.78. The van der Waals surface area contributed by atoms with Crippen LogP contribution in [-0.2, 0) is 17.9 Å². The largest absolute Gasteiger partial charge is 0.380 e. The second-order valence-corrected chi connectivity index (χ2v) is 7.04. The van der Waals surface area contributed by atoms with E-state index in [1.165, 1.54) is 0 Å². The van der Waals surface area contributed by atoms with E-state index in [4.69, 9.17) is 4.74 Å². The summed E-state index contributed by atoms with van der Waals surface area (Å²) in [6.07, 6.45) is 0. The van der Waals surface area contributed by atoms with Crippen LogP contribution in [0, 0.1) is 0 Å². The second kappa shape index (κ2) is 7.02. The van der Waals surface area contributed by atoms with E-state index in [0.29, 0.717) is 18.7 Å². The van der Waals surface area contributed by atoms with Gasteiger partial charge in [0.1, 0.15) is 0 Å². The predicted octanol–water partition coefficient (Wildman–Crippen LogP) is 3.93. The van der Waals surface area contributed by atoms with Crippen LogP contribution in [-0.4, -0.2) is 25.0 Å². The van der Waals surface area contributed by atoms with E-state index in [1.807, 2.05) is 43.4 Å². The van der Waals surface area contributed by atoms with Gasteiger partial charge in [0.05, 0.1) is 16.9 Å². The van der Waals surface area contributed by atoms with E-state index in [1.54, 1.807) is 23.3 Å². The molecule has 0 aliphatic rings. The number of hydrogen-bond donors (Lipinski definition) is 0. The van der Waals surface area contributed by atoms with Crippen molar-refractivity contribution < 1.29 is 9.53 Å². The number of nitrogens with zero attached hydrogens (tertiary/aromatic N) is 1. The molecule has 0 radical (unpaired) electrons. The van der Waals surface area contributed by atoms with Crippen molar-refractivity contribution in [2.24, 2.45) is 0 Å². The van der Waals surface area contributed by atoms with Gasteiger partial charge in [-0.05, 0) is 45.8 Å². The Morgan fingerprint density at radius 1 is 1.25 bits per heavy atom. The first kappa shape index (κ1) is 15.2. The minimum Gasteiger partial charge on any atom is -0.380 e. The van der Waals surface area contributed by atoms with Crippen LogP contribution in [0.25, 0.3) is 0 Å². The zero-order chi connectivity index (χ0) is 14.5. The van der Waals surface area contributed by atoms with Crippen LogP contribution >= 0.6 is 27.3 Å². The Morgan fingerprint density at radius 3 is 2.50 bits per heavy atom. The van der Waals surface area contributed by atoms with Crippen molar-refractivity contribution in [3.8, 4) is 0 Å². The van der Waals surface area contributed by atoms with Crippen LogP contribution in [0.15, 0.2) is 40.2 Å². The summed E-state index contributed by atoms with van der Waals surface area (Å²) in [6.45, 7) is 1.18. The molecule has 5 heteroatoms. The maximum absolute atomic E-state index is 12.3. The molecule has 0 spiro atoms. The number of carbonyl (C=O) groups excluding carboxylic acids is 1. The minimum absolute atomic E-state index is 0.0264. The molecule has 2 aromatic rings. The maximum Gasteiger partial charge on any atom is 0.253 e. The lowest BCUT2D eigenvalue weighted by Gasteiger charge is -2.16. The van der Waals surface area contributed by atoms with Crippen molar-refractivity contribution in [3.05, 3.63) is 56.2 Å². The summed E-state index contributed by atoms with van der Waals surface area (Å²) in [4.78, 5) is 15.2. The van der Waals surface area contributed by atoms with Crippen LogP contribution in [0.3, 0.4) is 0 Å². The van der Waals surface area contributed by atoms with Crippen LogP contribution in [0.5, 0.6) is 0 Å². The fourth-order valence-electron chi connectivity index (χ4n) is 1.87. The molecule has 1 aromatic heterocycles. The summed E-state index contributed by atoms with van der Waals surface area (Å²) in [6, 6.07) is 11.6. The van der Waals surface area contributed by atoms with E-state index in [0.717, 1.165) is 14.2 Å². The molecule has 0 aliphatic carbocycles. The van der Waals surface area contributed by atoms with Crippen LogP contribution in [0.2, 0.25) is 0 Å². The number of amides is 1. The summed E-state index contributed by atoms with van der Waals surface area (Å²) in [5.74, 6) is 0.0264. The topological polar surface area (TPSA) is 29.5 Å². The summed E-state index contributed by atoms with van der Waals surface area (Å²) in [5, 5.41) is 0. The Kier molecular flexibility index (Phi) is 5.34. The monoisotopic (exact) mass is 353 g/mol. The molecule has 0 atom stereocenters. The van der Waals surface area contributed by atoms with Gasteiger partial charge in [0.2, 0.25) is 0 Å². The van der Waals surface area contributed by atoms with Gasteiger partial charge in [-0.15, -0.1) is 11.3 Å². The van der Waals surface area contributed by atoms with E-state index in [2.05, 4.69) is 15.9 Å². The molecular weight excluding hydrogens is 338 g/mol. The Bertz CT molecular complexity index is 580. The number of rotatable bonds is 5. The lowest BCUT2D eigenvalue weighted by molar-refractivity contribution is 0.0786. The highest BCUT2D eigenvalue weighted by molar-refractivity contribution is 9.11. The van der Waals surface area contributed by atoms with E-state index in [9.17, 15) is 4.79 Å². The summed E-state index contributed by atoms with van der Waals surface area (Å²) in [5.41, 5.74) is 1.76. The third-order valence-electron chi connectivity index (χ3n) is 2.88. The molecule has 0 unspecified atom stereocenters. The third-order valence-corrected chi connectivity index (χ3v) is 4.49. The zero-order valence-electron chi connectivity index (χ0n) is 11.4. The van der Waals surface area contributed by atoms with Crippen LogP contribution < -0.4 is 0 Å². The molecular formula is C15H16BrNO2S. The quantitative estimate of drug-likeness (QED) is 0.814. The smallest absolute Gasteiger partial charge is 0.253 e. The fourth-order valence-corrected chi connectivity index (χ4v) is 3.41. The Morgan fingerprint density at radius 2 is 1.95 bits per heavy atom. The third kappa shape index (κ3) is 3.91. The molecule has 1 aromatic carbocycles. The number of thiophene rings is 1. The second-order valence-electron chi connectivity index (χ2n) is 4.50. The van der Waals surface area contributed by atoms with Gasteiger partial charge in [0, 0.05) is 24.6 Å². The summed E-state index contributed by atoms with van der Waals surface area (Å²) in [7, 11) is 3.48. The number of hydrogen-bond acceptors (Lipinski definition) is 3. The lowest BCUT2D eigenvalue weighted by Crippen LogP contribution is -2.25. The Balaban J connectivity index is 2.02. The molecule has 2 rings (SSSR count). The fraction of sp³-hybridized carbons (Fsp3) is 0.267. The van der Waals surface area contributed by atoms with Gasteiger partial charge in [-0.1, -0.05) is 12.1 Å². The minimum atomic E-state index is 0.0264. The van der Waals surface area contributed by atoms with E-state index < -0.39 is 0 Å². The molecule has 1 amide bonds. The highest BCUT2D eigenvalue weighted by atomic mass is 79.9. The van der Waals surface area contributed by atoms with Crippen molar-refractivity contribution in [2.45, 2.75) is 13.2 Å². The van der Waals surface area contributed by atoms with Gasteiger partial charge in [0.15, 0.2) is 0 Å². The number of halogens is 1. The highest BCUT2D eigenvalue weighted by Crippen LogP contribution is 2.23. The number of carbonyl (C=O) groups is 1. The number of methoxy groups -OCH3 is 1. The van der Waals surface area contributed by atoms with Crippen LogP contribution in [0.4, 0.5) is 0 Å². The molecule has 0 fully saturated rings. The van der Waals surface area contributed by atoms with Crippen LogP contribution in [0.1, 0.15) is 20.8 Å². The average molecular weight is 354 g/mol. The predicted molar refractivity (Wildman–Crippen MR) is 85.0 cm³/mol. The van der Waals surface area contributed by atoms with Gasteiger partial charge in [0.25, 0.3) is 5.91 Å². The zero-order valence-corrected chi connectivity index (χ0v) is 13.8.